The Morgan fingerprint density at radius 2 is 2.00 bits per heavy atom. The molecule has 0 aliphatic heterocycles. The Balaban J connectivity index is 1.72. The second-order valence-corrected chi connectivity index (χ2v) is 7.19. The van der Waals surface area contributed by atoms with E-state index in [1.54, 1.807) is 0 Å². The first-order valence-corrected chi connectivity index (χ1v) is 7.80. The van der Waals surface area contributed by atoms with Crippen LogP contribution < -0.4 is 0 Å². The Morgan fingerprint density at radius 3 is 2.58 bits per heavy atom. The zero-order valence-corrected chi connectivity index (χ0v) is 12.3. The fourth-order valence-corrected chi connectivity index (χ4v) is 4.64. The van der Waals surface area contributed by atoms with Crippen LogP contribution in [0.1, 0.15) is 51.0 Å². The largest absolute Gasteiger partial charge is 0.102 e. The normalized spacial score (nSPS) is 33.3. The Labute approximate surface area is 117 Å². The number of hydrogen-bond donors (Lipinski definition) is 0. The second kappa shape index (κ2) is 4.81. The van der Waals surface area contributed by atoms with Gasteiger partial charge in [-0.15, -0.1) is 6.58 Å². The molecule has 4 rings (SSSR count). The van der Waals surface area contributed by atoms with Crippen LogP contribution in [-0.2, 0) is 0 Å². The summed E-state index contributed by atoms with van der Waals surface area (Å²) in [6.45, 7) is 9.06. The summed E-state index contributed by atoms with van der Waals surface area (Å²) in [5, 5.41) is 0. The SMILES string of the molecule is C=C[C@H](C[C@@H]1CC[C@@H]2C[C@H]1C2(C)C)c1ccccc1. The van der Waals surface area contributed by atoms with E-state index >= 15 is 0 Å². The van der Waals surface area contributed by atoms with Crippen LogP contribution in [0.15, 0.2) is 43.0 Å². The molecule has 3 fully saturated rings. The van der Waals surface area contributed by atoms with Gasteiger partial charge in [0, 0.05) is 5.92 Å². The molecule has 0 aromatic heterocycles. The van der Waals surface area contributed by atoms with Crippen molar-refractivity contribution in [2.75, 3.05) is 0 Å². The molecule has 1 aromatic rings. The molecule has 0 spiro atoms. The molecule has 3 aliphatic rings. The summed E-state index contributed by atoms with van der Waals surface area (Å²) in [5.74, 6) is 3.41. The van der Waals surface area contributed by atoms with Gasteiger partial charge in [-0.2, -0.15) is 0 Å². The lowest BCUT2D eigenvalue weighted by Gasteiger charge is -2.60. The number of fused-ring (bicyclic) bond motifs is 2. The molecule has 1 aromatic carbocycles. The highest BCUT2D eigenvalue weighted by Gasteiger charge is 2.54. The quantitative estimate of drug-likeness (QED) is 0.629. The van der Waals surface area contributed by atoms with Gasteiger partial charge in [0.2, 0.25) is 0 Å². The van der Waals surface area contributed by atoms with Gasteiger partial charge in [-0.1, -0.05) is 50.3 Å². The van der Waals surface area contributed by atoms with Crippen molar-refractivity contribution in [3.05, 3.63) is 48.6 Å². The summed E-state index contributed by atoms with van der Waals surface area (Å²) >= 11 is 0. The molecule has 0 saturated heterocycles. The Morgan fingerprint density at radius 1 is 1.26 bits per heavy atom. The zero-order valence-electron chi connectivity index (χ0n) is 12.3. The third-order valence-corrected chi connectivity index (χ3v) is 6.07. The smallest absolute Gasteiger partial charge is 0.00180 e. The Kier molecular flexibility index (Phi) is 3.28. The van der Waals surface area contributed by atoms with Crippen LogP contribution in [0.5, 0.6) is 0 Å². The molecule has 0 heteroatoms. The molecule has 3 aliphatic carbocycles. The average Bonchev–Trinajstić information content (AvgIpc) is 2.45. The summed E-state index contributed by atoms with van der Waals surface area (Å²) in [6, 6.07) is 10.9. The maximum Gasteiger partial charge on any atom is 0.00180 e. The fourth-order valence-electron chi connectivity index (χ4n) is 4.64. The van der Waals surface area contributed by atoms with E-state index in [0.717, 1.165) is 17.8 Å². The van der Waals surface area contributed by atoms with E-state index in [2.05, 4.69) is 56.8 Å². The minimum atomic E-state index is 0.541. The molecule has 0 unspecified atom stereocenters. The van der Waals surface area contributed by atoms with Crippen molar-refractivity contribution in [1.29, 1.82) is 0 Å². The monoisotopic (exact) mass is 254 g/mol. The summed E-state index contributed by atoms with van der Waals surface area (Å²) in [5.41, 5.74) is 2.04. The van der Waals surface area contributed by atoms with Crippen LogP contribution in [0, 0.1) is 23.2 Å². The second-order valence-electron chi connectivity index (χ2n) is 7.19. The van der Waals surface area contributed by atoms with Crippen molar-refractivity contribution < 1.29 is 0 Å². The van der Waals surface area contributed by atoms with Crippen LogP contribution in [0.4, 0.5) is 0 Å². The first-order valence-electron chi connectivity index (χ1n) is 7.80. The maximum atomic E-state index is 4.08. The van der Waals surface area contributed by atoms with Crippen LogP contribution in [0.25, 0.3) is 0 Å². The zero-order chi connectivity index (χ0) is 13.5. The van der Waals surface area contributed by atoms with Crippen molar-refractivity contribution in [2.45, 2.75) is 45.4 Å². The molecular weight excluding hydrogens is 228 g/mol. The highest BCUT2D eigenvalue weighted by atomic mass is 14.6. The van der Waals surface area contributed by atoms with Gasteiger partial charge in [-0.3, -0.25) is 0 Å². The fraction of sp³-hybridized carbons (Fsp3) is 0.579. The summed E-state index contributed by atoms with van der Waals surface area (Å²) in [7, 11) is 0. The van der Waals surface area contributed by atoms with Crippen LogP contribution >= 0.6 is 0 Å². The van der Waals surface area contributed by atoms with Crippen molar-refractivity contribution in [1.82, 2.24) is 0 Å². The predicted octanol–water partition coefficient (Wildman–Crippen LogP) is 5.42. The third kappa shape index (κ3) is 2.16. The molecule has 19 heavy (non-hydrogen) atoms. The summed E-state index contributed by atoms with van der Waals surface area (Å²) < 4.78 is 0. The lowest BCUT2D eigenvalue weighted by Crippen LogP contribution is -2.52. The van der Waals surface area contributed by atoms with Gasteiger partial charge in [-0.05, 0) is 54.4 Å². The molecule has 2 bridgehead atoms. The number of allylic oxidation sites excluding steroid dienone is 1. The van der Waals surface area contributed by atoms with Gasteiger partial charge >= 0.3 is 0 Å². The molecule has 0 heterocycles. The van der Waals surface area contributed by atoms with Gasteiger partial charge in [0.1, 0.15) is 0 Å². The van der Waals surface area contributed by atoms with E-state index in [-0.39, 0.29) is 0 Å². The van der Waals surface area contributed by atoms with Gasteiger partial charge in [0.05, 0.1) is 0 Å². The van der Waals surface area contributed by atoms with E-state index in [4.69, 9.17) is 0 Å². The summed E-state index contributed by atoms with van der Waals surface area (Å²) in [4.78, 5) is 0. The predicted molar refractivity (Wildman–Crippen MR) is 82.1 cm³/mol. The standard InChI is InChI=1S/C19H26/c1-4-14(15-8-6-5-7-9-15)12-16-10-11-17-13-18(16)19(17,2)3/h4-9,14,16-18H,1,10-13H2,2-3H3/t14-,16+,17-,18-/m1/s1. The van der Waals surface area contributed by atoms with Crippen molar-refractivity contribution in [2.24, 2.45) is 23.2 Å². The maximum absolute atomic E-state index is 4.08. The van der Waals surface area contributed by atoms with Gasteiger partial charge < -0.3 is 0 Å². The Hall–Kier alpha value is -1.04. The molecule has 102 valence electrons. The van der Waals surface area contributed by atoms with Crippen LogP contribution in [0.2, 0.25) is 0 Å². The van der Waals surface area contributed by atoms with Crippen LogP contribution in [0.3, 0.4) is 0 Å². The van der Waals surface area contributed by atoms with Gasteiger partial charge in [0.15, 0.2) is 0 Å². The molecule has 0 nitrogen and oxygen atoms in total. The van der Waals surface area contributed by atoms with Crippen molar-refractivity contribution in [3.8, 4) is 0 Å². The van der Waals surface area contributed by atoms with E-state index in [0.29, 0.717) is 11.3 Å². The number of hydrogen-bond acceptors (Lipinski definition) is 0. The van der Waals surface area contributed by atoms with Crippen LogP contribution in [-0.4, -0.2) is 0 Å². The molecule has 0 amide bonds. The van der Waals surface area contributed by atoms with E-state index < -0.39 is 0 Å². The molecular formula is C19H26. The van der Waals surface area contributed by atoms with E-state index in [1.165, 1.54) is 31.2 Å². The van der Waals surface area contributed by atoms with E-state index in [9.17, 15) is 0 Å². The number of rotatable bonds is 4. The lowest BCUT2D eigenvalue weighted by atomic mass is 9.45. The van der Waals surface area contributed by atoms with Gasteiger partial charge in [0.25, 0.3) is 0 Å². The van der Waals surface area contributed by atoms with Crippen molar-refractivity contribution in [3.63, 3.8) is 0 Å². The average molecular weight is 254 g/mol. The molecule has 3 saturated carbocycles. The first-order chi connectivity index (χ1) is 9.13. The van der Waals surface area contributed by atoms with Gasteiger partial charge in [-0.25, -0.2) is 0 Å². The topological polar surface area (TPSA) is 0 Å². The van der Waals surface area contributed by atoms with Crippen molar-refractivity contribution >= 4 is 0 Å². The lowest BCUT2D eigenvalue weighted by molar-refractivity contribution is -0.107. The molecule has 0 radical (unpaired) electrons. The highest BCUT2D eigenvalue weighted by Crippen LogP contribution is 2.62. The van der Waals surface area contributed by atoms with E-state index in [1.807, 2.05) is 0 Å². The first kappa shape index (κ1) is 13.0. The Bertz CT molecular complexity index is 440. The third-order valence-electron chi connectivity index (χ3n) is 6.07. The number of benzene rings is 1. The molecule has 0 N–H and O–H groups in total. The molecule has 4 atom stereocenters. The highest BCUT2D eigenvalue weighted by molar-refractivity contribution is 5.23. The minimum Gasteiger partial charge on any atom is -0.102 e. The minimum absolute atomic E-state index is 0.541. The summed E-state index contributed by atoms with van der Waals surface area (Å²) in [6.07, 6.45) is 7.83.